The molecule has 1 aliphatic rings. The number of anilines is 1. The van der Waals surface area contributed by atoms with Crippen molar-refractivity contribution in [3.63, 3.8) is 0 Å². The fraction of sp³-hybridized carbons (Fsp3) is 0.375. The van der Waals surface area contributed by atoms with E-state index in [1.165, 1.54) is 18.2 Å². The molecule has 3 aromatic rings. The molecule has 0 spiro atoms. The molecule has 0 unspecified atom stereocenters. The van der Waals surface area contributed by atoms with Crippen LogP contribution in [0.3, 0.4) is 0 Å². The summed E-state index contributed by atoms with van der Waals surface area (Å²) in [4.78, 5) is 15.1. The van der Waals surface area contributed by atoms with Crippen LogP contribution in [0.1, 0.15) is 25.7 Å². The molecule has 0 saturated heterocycles. The summed E-state index contributed by atoms with van der Waals surface area (Å²) in [6.07, 6.45) is 3.04. The van der Waals surface area contributed by atoms with E-state index in [-0.39, 0.29) is 28.1 Å². The van der Waals surface area contributed by atoms with Gasteiger partial charge in [0.05, 0.1) is 10.2 Å². The van der Waals surface area contributed by atoms with Gasteiger partial charge in [0.2, 0.25) is 11.6 Å². The van der Waals surface area contributed by atoms with E-state index in [1.54, 1.807) is 0 Å². The highest BCUT2D eigenvalue weighted by molar-refractivity contribution is 9.10. The summed E-state index contributed by atoms with van der Waals surface area (Å²) in [6.45, 7) is 0. The van der Waals surface area contributed by atoms with Gasteiger partial charge in [-0.2, -0.15) is 0 Å². The molecule has 0 amide bonds. The highest BCUT2D eigenvalue weighted by Crippen LogP contribution is 2.29. The fourth-order valence-electron chi connectivity index (χ4n) is 3.28. The Labute approximate surface area is 170 Å². The van der Waals surface area contributed by atoms with Gasteiger partial charge in [-0.05, 0) is 75.7 Å². The first-order valence-electron chi connectivity index (χ1n) is 8.74. The molecular weight excluding hydrogens is 451 g/mol. The number of rotatable bonds is 5. The molecule has 1 saturated carbocycles. The van der Waals surface area contributed by atoms with Gasteiger partial charge in [0.25, 0.3) is 0 Å². The van der Waals surface area contributed by atoms with Crippen LogP contribution in [0, 0.1) is 5.82 Å². The predicted octanol–water partition coefficient (Wildman–Crippen LogP) is 3.81. The van der Waals surface area contributed by atoms with Gasteiger partial charge in [-0.15, -0.1) is 0 Å². The lowest BCUT2D eigenvalue weighted by Gasteiger charge is -2.26. The fourth-order valence-corrected chi connectivity index (χ4v) is 3.65. The zero-order valence-corrected chi connectivity index (χ0v) is 16.4. The van der Waals surface area contributed by atoms with Crippen LogP contribution in [0.25, 0.3) is 27.6 Å². The molecule has 4 rings (SSSR count). The van der Waals surface area contributed by atoms with Crippen LogP contribution >= 0.6 is 15.9 Å². The Morgan fingerprint density at radius 1 is 1.28 bits per heavy atom. The van der Waals surface area contributed by atoms with E-state index in [9.17, 15) is 9.18 Å². The minimum absolute atomic E-state index is 0.00871. The molecule has 150 valence electrons. The van der Waals surface area contributed by atoms with Gasteiger partial charge in [0.1, 0.15) is 5.82 Å². The quantitative estimate of drug-likeness (QED) is 0.342. The molecule has 1 aliphatic carbocycles. The van der Waals surface area contributed by atoms with Gasteiger partial charge in [0, 0.05) is 17.0 Å². The van der Waals surface area contributed by atoms with Gasteiger partial charge in [-0.1, -0.05) is 10.3 Å². The molecule has 11 nitrogen and oxygen atoms in total. The first-order valence-corrected chi connectivity index (χ1v) is 9.54. The van der Waals surface area contributed by atoms with Gasteiger partial charge in [-0.25, -0.2) is 18.4 Å². The Balaban J connectivity index is 1.62. The largest absolute Gasteiger partial charge is 0.446 e. The van der Waals surface area contributed by atoms with E-state index in [1.807, 2.05) is 0 Å². The van der Waals surface area contributed by atoms with Gasteiger partial charge in [-0.3, -0.25) is 4.52 Å². The molecule has 1 aromatic carbocycles. The van der Waals surface area contributed by atoms with Crippen LogP contribution in [0.4, 0.5) is 10.2 Å². The maximum absolute atomic E-state index is 13.6. The number of aromatic nitrogens is 4. The second-order valence-electron chi connectivity index (χ2n) is 6.52. The van der Waals surface area contributed by atoms with Crippen LogP contribution in [-0.2, 0) is 0 Å². The lowest BCUT2D eigenvalue weighted by Crippen LogP contribution is -2.27. The van der Waals surface area contributed by atoms with E-state index >= 15 is 0 Å². The van der Waals surface area contributed by atoms with Gasteiger partial charge in [0.15, 0.2) is 5.69 Å². The smallest absolute Gasteiger partial charge is 0.363 e. The minimum atomic E-state index is -0.762. The topological polar surface area (TPSA) is 148 Å². The SMILES string of the molecule is [N-]=[N+]=NC1CCC(Nc2nonc2-c2noc(=O)n2-c2ccc(F)c(Br)c2)CC1. The van der Waals surface area contributed by atoms with E-state index in [0.29, 0.717) is 11.5 Å². The summed E-state index contributed by atoms with van der Waals surface area (Å²) in [5.74, 6) is -0.857. The van der Waals surface area contributed by atoms with Crippen LogP contribution in [0.15, 0.2) is 41.7 Å². The standard InChI is InChI=1S/C16H14BrFN8O3/c17-11-7-10(5-6-12(11)18)26-15(24-28-16(26)27)13-14(23-29-22-13)20-8-1-3-9(4-2-8)21-25-19/h5-9H,1-4H2,(H,20,23). The Morgan fingerprint density at radius 3 is 2.79 bits per heavy atom. The Bertz CT molecular complexity index is 1130. The monoisotopic (exact) mass is 464 g/mol. The van der Waals surface area contributed by atoms with Crippen LogP contribution in [-0.4, -0.2) is 32.1 Å². The third kappa shape index (κ3) is 3.87. The lowest BCUT2D eigenvalue weighted by atomic mass is 9.92. The molecule has 0 bridgehead atoms. The van der Waals surface area contributed by atoms with Gasteiger partial charge < -0.3 is 5.32 Å². The number of azide groups is 1. The molecular formula is C16H14BrFN8O3. The highest BCUT2D eigenvalue weighted by Gasteiger charge is 2.26. The molecule has 2 heterocycles. The maximum atomic E-state index is 13.6. The Kier molecular flexibility index (Phi) is 5.32. The van der Waals surface area contributed by atoms with Crippen molar-refractivity contribution >= 4 is 21.7 Å². The molecule has 29 heavy (non-hydrogen) atoms. The zero-order valence-electron chi connectivity index (χ0n) is 14.8. The third-order valence-corrected chi connectivity index (χ3v) is 5.33. The molecule has 2 aromatic heterocycles. The van der Waals surface area contributed by atoms with Crippen LogP contribution in [0.5, 0.6) is 0 Å². The maximum Gasteiger partial charge on any atom is 0.446 e. The van der Waals surface area contributed by atoms with Crippen molar-refractivity contribution in [3.05, 3.63) is 49.5 Å². The first-order chi connectivity index (χ1) is 14.1. The minimum Gasteiger partial charge on any atom is -0.363 e. The van der Waals surface area contributed by atoms with Crippen molar-refractivity contribution in [3.8, 4) is 17.2 Å². The van der Waals surface area contributed by atoms with Gasteiger partial charge >= 0.3 is 5.76 Å². The summed E-state index contributed by atoms with van der Waals surface area (Å²) in [6, 6.07) is 4.11. The molecule has 13 heteroatoms. The van der Waals surface area contributed by atoms with E-state index in [0.717, 1.165) is 30.3 Å². The molecule has 1 fully saturated rings. The Hall–Kier alpha value is -3.18. The molecule has 0 aliphatic heterocycles. The molecule has 1 N–H and O–H groups in total. The normalized spacial score (nSPS) is 19.0. The Morgan fingerprint density at radius 2 is 2.07 bits per heavy atom. The summed E-state index contributed by atoms with van der Waals surface area (Å²) in [5.41, 5.74) is 9.08. The van der Waals surface area contributed by atoms with Crippen molar-refractivity contribution in [2.75, 3.05) is 5.32 Å². The highest BCUT2D eigenvalue weighted by atomic mass is 79.9. The second-order valence-corrected chi connectivity index (χ2v) is 7.38. The summed E-state index contributed by atoms with van der Waals surface area (Å²) >= 11 is 3.10. The number of nitrogens with zero attached hydrogens (tertiary/aromatic N) is 7. The number of hydrogen-bond acceptors (Lipinski definition) is 8. The number of hydrogen-bond donors (Lipinski definition) is 1. The number of nitrogens with one attached hydrogen (secondary N) is 1. The summed E-state index contributed by atoms with van der Waals surface area (Å²) in [5, 5.41) is 18.5. The van der Waals surface area contributed by atoms with Crippen molar-refractivity contribution in [1.82, 2.24) is 20.0 Å². The zero-order chi connectivity index (χ0) is 20.4. The lowest BCUT2D eigenvalue weighted by molar-refractivity contribution is 0.308. The third-order valence-electron chi connectivity index (χ3n) is 4.72. The molecule has 0 atom stereocenters. The average Bonchev–Trinajstić information content (AvgIpc) is 3.32. The summed E-state index contributed by atoms with van der Waals surface area (Å²) in [7, 11) is 0. The predicted molar refractivity (Wildman–Crippen MR) is 102 cm³/mol. The molecule has 0 radical (unpaired) electrons. The number of halogens is 2. The van der Waals surface area contributed by atoms with Crippen molar-refractivity contribution < 1.29 is 13.5 Å². The van der Waals surface area contributed by atoms with Crippen molar-refractivity contribution in [2.45, 2.75) is 37.8 Å². The van der Waals surface area contributed by atoms with E-state index in [4.69, 9.17) is 14.7 Å². The van der Waals surface area contributed by atoms with Crippen LogP contribution in [0.2, 0.25) is 0 Å². The average molecular weight is 465 g/mol. The van der Waals surface area contributed by atoms with E-state index in [2.05, 4.69) is 46.7 Å². The number of benzene rings is 1. The van der Waals surface area contributed by atoms with Crippen molar-refractivity contribution in [2.24, 2.45) is 5.11 Å². The van der Waals surface area contributed by atoms with Crippen LogP contribution < -0.4 is 11.1 Å². The van der Waals surface area contributed by atoms with E-state index < -0.39 is 11.6 Å². The first kappa shape index (κ1) is 19.2. The summed E-state index contributed by atoms with van der Waals surface area (Å²) < 4.78 is 24.5. The second kappa shape index (κ2) is 8.05. The van der Waals surface area contributed by atoms with Crippen molar-refractivity contribution in [1.29, 1.82) is 0 Å².